The monoisotopic (exact) mass is 270 g/mol. The Morgan fingerprint density at radius 3 is 2.47 bits per heavy atom. The summed E-state index contributed by atoms with van der Waals surface area (Å²) in [6.07, 6.45) is 1.62. The highest BCUT2D eigenvalue weighted by Gasteiger charge is 2.20. The molecule has 1 rings (SSSR count). The van der Waals surface area contributed by atoms with Gasteiger partial charge in [-0.2, -0.15) is 0 Å². The molecule has 0 aliphatic rings. The number of aliphatic hydroxyl groups excluding tert-OH is 1. The molecule has 0 saturated carbocycles. The molecule has 0 aliphatic carbocycles. The van der Waals surface area contributed by atoms with Crippen molar-refractivity contribution >= 4 is 11.4 Å². The van der Waals surface area contributed by atoms with Crippen molar-refractivity contribution in [3.63, 3.8) is 0 Å². The predicted octanol–water partition coefficient (Wildman–Crippen LogP) is 2.72. The number of nitro groups is 1. The molecular formula is C13H19FN2O3. The number of anilines is 1. The number of non-ortho nitro benzene ring substituents is 1. The van der Waals surface area contributed by atoms with Crippen molar-refractivity contribution in [3.05, 3.63) is 34.1 Å². The van der Waals surface area contributed by atoms with Gasteiger partial charge in [0.1, 0.15) is 0 Å². The van der Waals surface area contributed by atoms with Gasteiger partial charge in [-0.1, -0.05) is 13.8 Å². The molecule has 0 heterocycles. The highest BCUT2D eigenvalue weighted by molar-refractivity contribution is 5.53. The second kappa shape index (κ2) is 7.04. The maximum atomic E-state index is 14.0. The van der Waals surface area contributed by atoms with Gasteiger partial charge in [0.2, 0.25) is 0 Å². The lowest BCUT2D eigenvalue weighted by molar-refractivity contribution is -0.385. The Balaban J connectivity index is 3.12. The lowest BCUT2D eigenvalue weighted by atomic mass is 10.1. The molecule has 0 aliphatic heterocycles. The smallest absolute Gasteiger partial charge is 0.272 e. The van der Waals surface area contributed by atoms with E-state index in [0.29, 0.717) is 12.2 Å². The fourth-order valence-electron chi connectivity index (χ4n) is 2.18. The fourth-order valence-corrected chi connectivity index (χ4v) is 2.18. The molecule has 106 valence electrons. The minimum atomic E-state index is -0.630. The van der Waals surface area contributed by atoms with Gasteiger partial charge in [0.25, 0.3) is 5.69 Å². The third-order valence-electron chi connectivity index (χ3n) is 3.18. The Bertz CT molecular complexity index is 436. The van der Waals surface area contributed by atoms with E-state index in [9.17, 15) is 14.5 Å². The molecule has 0 atom stereocenters. The Morgan fingerprint density at radius 2 is 2.05 bits per heavy atom. The highest BCUT2D eigenvalue weighted by Crippen LogP contribution is 2.27. The number of hydrogen-bond acceptors (Lipinski definition) is 4. The maximum absolute atomic E-state index is 14.0. The third kappa shape index (κ3) is 3.64. The average molecular weight is 270 g/mol. The van der Waals surface area contributed by atoms with Crippen molar-refractivity contribution in [2.45, 2.75) is 32.7 Å². The molecule has 0 bridgehead atoms. The van der Waals surface area contributed by atoms with Gasteiger partial charge in [-0.25, -0.2) is 4.39 Å². The van der Waals surface area contributed by atoms with E-state index in [-0.39, 0.29) is 18.3 Å². The molecule has 6 heteroatoms. The zero-order chi connectivity index (χ0) is 14.4. The van der Waals surface area contributed by atoms with E-state index in [0.717, 1.165) is 18.9 Å². The SMILES string of the molecule is CCC(CC)N(CCO)c1ccc([N+](=O)[O-])cc1F. The number of nitrogens with zero attached hydrogens (tertiary/aromatic N) is 2. The molecule has 5 nitrogen and oxygen atoms in total. The molecule has 0 unspecified atom stereocenters. The van der Waals surface area contributed by atoms with Crippen LogP contribution in [0.3, 0.4) is 0 Å². The van der Waals surface area contributed by atoms with Crippen LogP contribution in [0.25, 0.3) is 0 Å². The van der Waals surface area contributed by atoms with Gasteiger partial charge in [-0.3, -0.25) is 10.1 Å². The van der Waals surface area contributed by atoms with Crippen LogP contribution >= 0.6 is 0 Å². The first-order chi connectivity index (χ1) is 9.04. The van der Waals surface area contributed by atoms with Gasteiger partial charge < -0.3 is 10.0 Å². The molecule has 0 saturated heterocycles. The molecule has 19 heavy (non-hydrogen) atoms. The molecule has 0 aromatic heterocycles. The summed E-state index contributed by atoms with van der Waals surface area (Å²) in [5.41, 5.74) is 0.0306. The topological polar surface area (TPSA) is 66.6 Å². The van der Waals surface area contributed by atoms with Gasteiger partial charge in [-0.15, -0.1) is 0 Å². The second-order valence-electron chi connectivity index (χ2n) is 4.28. The first-order valence-corrected chi connectivity index (χ1v) is 6.36. The average Bonchev–Trinajstić information content (AvgIpc) is 2.39. The number of nitro benzene ring substituents is 1. The lowest BCUT2D eigenvalue weighted by Crippen LogP contribution is -2.37. The number of halogens is 1. The van der Waals surface area contributed by atoms with Crippen molar-refractivity contribution in [1.29, 1.82) is 0 Å². The summed E-state index contributed by atoms with van der Waals surface area (Å²) >= 11 is 0. The van der Waals surface area contributed by atoms with Gasteiger partial charge in [0.15, 0.2) is 5.82 Å². The summed E-state index contributed by atoms with van der Waals surface area (Å²) in [7, 11) is 0. The molecule has 0 amide bonds. The van der Waals surface area contributed by atoms with E-state index in [2.05, 4.69) is 0 Å². The van der Waals surface area contributed by atoms with Crippen LogP contribution < -0.4 is 4.90 Å². The molecular weight excluding hydrogens is 251 g/mol. The van der Waals surface area contributed by atoms with Crippen LogP contribution in [-0.4, -0.2) is 29.2 Å². The zero-order valence-electron chi connectivity index (χ0n) is 11.2. The van der Waals surface area contributed by atoms with Gasteiger partial charge in [0, 0.05) is 18.7 Å². The van der Waals surface area contributed by atoms with E-state index >= 15 is 0 Å². The van der Waals surface area contributed by atoms with E-state index < -0.39 is 10.7 Å². The summed E-state index contributed by atoms with van der Waals surface area (Å²) in [6, 6.07) is 3.71. The second-order valence-corrected chi connectivity index (χ2v) is 4.28. The fraction of sp³-hybridized carbons (Fsp3) is 0.538. The van der Waals surface area contributed by atoms with Crippen molar-refractivity contribution in [3.8, 4) is 0 Å². The number of benzene rings is 1. The Labute approximate surface area is 111 Å². The van der Waals surface area contributed by atoms with Gasteiger partial charge >= 0.3 is 0 Å². The van der Waals surface area contributed by atoms with Crippen molar-refractivity contribution in [2.24, 2.45) is 0 Å². The van der Waals surface area contributed by atoms with Gasteiger partial charge in [-0.05, 0) is 18.9 Å². The van der Waals surface area contributed by atoms with Crippen LogP contribution in [0.1, 0.15) is 26.7 Å². The Kier molecular flexibility index (Phi) is 5.69. The van der Waals surface area contributed by atoms with E-state index in [4.69, 9.17) is 5.11 Å². The first kappa shape index (κ1) is 15.4. The quantitative estimate of drug-likeness (QED) is 0.611. The van der Waals surface area contributed by atoms with Crippen molar-refractivity contribution < 1.29 is 14.4 Å². The molecule has 0 radical (unpaired) electrons. The van der Waals surface area contributed by atoms with Crippen LogP contribution in [0.5, 0.6) is 0 Å². The minimum Gasteiger partial charge on any atom is -0.395 e. The van der Waals surface area contributed by atoms with Crippen LogP contribution in [-0.2, 0) is 0 Å². The zero-order valence-corrected chi connectivity index (χ0v) is 11.2. The molecule has 1 N–H and O–H groups in total. The number of aliphatic hydroxyl groups is 1. The molecule has 1 aromatic rings. The van der Waals surface area contributed by atoms with Crippen molar-refractivity contribution in [1.82, 2.24) is 0 Å². The molecule has 0 spiro atoms. The summed E-state index contributed by atoms with van der Waals surface area (Å²) in [5.74, 6) is -0.630. The Morgan fingerprint density at radius 1 is 1.42 bits per heavy atom. The Hall–Kier alpha value is -1.69. The largest absolute Gasteiger partial charge is 0.395 e. The normalized spacial score (nSPS) is 10.8. The third-order valence-corrected chi connectivity index (χ3v) is 3.18. The summed E-state index contributed by atoms with van der Waals surface area (Å²) < 4.78 is 14.0. The van der Waals surface area contributed by atoms with Crippen LogP contribution in [0.4, 0.5) is 15.8 Å². The summed E-state index contributed by atoms with van der Waals surface area (Å²) in [4.78, 5) is 11.7. The van der Waals surface area contributed by atoms with Crippen LogP contribution in [0.2, 0.25) is 0 Å². The summed E-state index contributed by atoms with van der Waals surface area (Å²) in [6.45, 7) is 4.19. The molecule has 1 aromatic carbocycles. The summed E-state index contributed by atoms with van der Waals surface area (Å²) in [5, 5.41) is 19.7. The van der Waals surface area contributed by atoms with Crippen LogP contribution in [0, 0.1) is 15.9 Å². The van der Waals surface area contributed by atoms with E-state index in [1.807, 2.05) is 13.8 Å². The lowest BCUT2D eigenvalue weighted by Gasteiger charge is -2.32. The number of rotatable bonds is 7. The van der Waals surface area contributed by atoms with E-state index in [1.54, 1.807) is 4.90 Å². The van der Waals surface area contributed by atoms with E-state index in [1.165, 1.54) is 12.1 Å². The maximum Gasteiger partial charge on any atom is 0.272 e. The molecule has 0 fully saturated rings. The minimum absolute atomic E-state index is 0.0903. The highest BCUT2D eigenvalue weighted by atomic mass is 19.1. The van der Waals surface area contributed by atoms with Crippen molar-refractivity contribution in [2.75, 3.05) is 18.1 Å². The first-order valence-electron chi connectivity index (χ1n) is 6.36. The van der Waals surface area contributed by atoms with Gasteiger partial charge in [0.05, 0.1) is 23.3 Å². The standard InChI is InChI=1S/C13H19FN2O3/c1-3-10(4-2)15(7-8-17)13-6-5-11(16(18)19)9-12(13)14/h5-6,9-10,17H,3-4,7-8H2,1-2H3. The van der Waals surface area contributed by atoms with Crippen LogP contribution in [0.15, 0.2) is 18.2 Å². The predicted molar refractivity (Wildman–Crippen MR) is 71.9 cm³/mol. The number of hydrogen-bond donors (Lipinski definition) is 1.